The third-order valence-corrected chi connectivity index (χ3v) is 8.62. The second-order valence-electron chi connectivity index (χ2n) is 12.1. The largest absolute Gasteiger partial charge is 0.497 e. The van der Waals surface area contributed by atoms with Crippen LogP contribution < -0.4 is 4.74 Å². The Morgan fingerprint density at radius 2 is 1.88 bits per heavy atom. The molecule has 0 aliphatic carbocycles. The summed E-state index contributed by atoms with van der Waals surface area (Å²) in [5.74, 6) is -0.606. The number of amides is 2. The third kappa shape index (κ3) is 3.93. The van der Waals surface area contributed by atoms with Crippen molar-refractivity contribution in [1.82, 2.24) is 14.4 Å². The van der Waals surface area contributed by atoms with E-state index in [4.69, 9.17) is 24.0 Å². The van der Waals surface area contributed by atoms with Crippen molar-refractivity contribution in [3.05, 3.63) is 41.1 Å². The number of aromatic nitrogens is 1. The Bertz CT molecular complexity index is 1470. The summed E-state index contributed by atoms with van der Waals surface area (Å²) in [4.78, 5) is 57.0. The molecule has 4 aliphatic heterocycles. The molecule has 4 aliphatic rings. The summed E-state index contributed by atoms with van der Waals surface area (Å²) in [5.41, 5.74) is 0.249. The van der Waals surface area contributed by atoms with Crippen LogP contribution >= 0.6 is 0 Å². The first kappa shape index (κ1) is 27.7. The molecule has 2 amide bonds. The van der Waals surface area contributed by atoms with Gasteiger partial charge in [0, 0.05) is 44.0 Å². The molecule has 1 aromatic carbocycles. The highest BCUT2D eigenvalue weighted by Crippen LogP contribution is 2.57. The molecule has 0 unspecified atom stereocenters. The van der Waals surface area contributed by atoms with Gasteiger partial charge in [-0.1, -0.05) is 5.57 Å². The Morgan fingerprint density at radius 1 is 1.12 bits per heavy atom. The summed E-state index contributed by atoms with van der Waals surface area (Å²) in [6, 6.07) is 4.30. The molecule has 0 spiro atoms. The van der Waals surface area contributed by atoms with Gasteiger partial charge < -0.3 is 23.7 Å². The topological polar surface area (TPSA) is 109 Å². The van der Waals surface area contributed by atoms with Crippen LogP contribution in [0, 0.1) is 0 Å². The van der Waals surface area contributed by atoms with Gasteiger partial charge in [0.05, 0.1) is 24.4 Å². The van der Waals surface area contributed by atoms with Crippen LogP contribution in [0.4, 0.5) is 0 Å². The zero-order chi connectivity index (χ0) is 29.4. The SMILES string of the molecule is COc1ccc2c3c4n(c2c1)[C@@H](C=C(C)C)OOC(C)(C)C[C@@H]4N1C(=O)[C@@H]2CCCN2C(=O)[C@]1(OC)[C@@H]3OC(C)=O. The number of methoxy groups -OCH3 is 2. The van der Waals surface area contributed by atoms with Crippen molar-refractivity contribution >= 4 is 28.7 Å². The van der Waals surface area contributed by atoms with Gasteiger partial charge >= 0.3 is 5.97 Å². The summed E-state index contributed by atoms with van der Waals surface area (Å²) in [7, 11) is 2.99. The lowest BCUT2D eigenvalue weighted by molar-refractivity contribution is -0.391. The number of rotatable bonds is 4. The van der Waals surface area contributed by atoms with E-state index in [2.05, 4.69) is 0 Å². The quantitative estimate of drug-likeness (QED) is 0.309. The van der Waals surface area contributed by atoms with Crippen molar-refractivity contribution in [1.29, 1.82) is 0 Å². The molecule has 0 bridgehead atoms. The lowest BCUT2D eigenvalue weighted by Crippen LogP contribution is -2.75. The second kappa shape index (κ2) is 9.57. The van der Waals surface area contributed by atoms with Gasteiger partial charge in [-0.15, -0.1) is 0 Å². The Balaban J connectivity index is 1.77. The molecule has 0 saturated carbocycles. The van der Waals surface area contributed by atoms with Crippen LogP contribution in [0.15, 0.2) is 29.8 Å². The summed E-state index contributed by atoms with van der Waals surface area (Å²) >= 11 is 0. The fraction of sp³-hybridized carbons (Fsp3) is 0.567. The molecule has 6 rings (SSSR count). The number of nitrogens with zero attached hydrogens (tertiary/aromatic N) is 3. The predicted molar refractivity (Wildman–Crippen MR) is 146 cm³/mol. The lowest BCUT2D eigenvalue weighted by atomic mass is 9.79. The van der Waals surface area contributed by atoms with Gasteiger partial charge in [-0.05, 0) is 58.7 Å². The molecule has 220 valence electrons. The minimum Gasteiger partial charge on any atom is -0.497 e. The van der Waals surface area contributed by atoms with Gasteiger partial charge in [0.15, 0.2) is 12.3 Å². The van der Waals surface area contributed by atoms with Crippen LogP contribution in [-0.2, 0) is 33.6 Å². The van der Waals surface area contributed by atoms with Crippen molar-refractivity contribution in [3.8, 4) is 5.75 Å². The van der Waals surface area contributed by atoms with Crippen molar-refractivity contribution in [2.45, 2.75) is 89.6 Å². The molecule has 5 heterocycles. The van der Waals surface area contributed by atoms with Gasteiger partial charge in [-0.3, -0.25) is 19.3 Å². The van der Waals surface area contributed by atoms with E-state index in [1.807, 2.05) is 56.5 Å². The third-order valence-electron chi connectivity index (χ3n) is 8.62. The number of carbonyl (C=O) groups excluding carboxylic acids is 3. The van der Waals surface area contributed by atoms with Crippen molar-refractivity contribution in [2.24, 2.45) is 0 Å². The lowest BCUT2D eigenvalue weighted by Gasteiger charge is -2.57. The highest BCUT2D eigenvalue weighted by Gasteiger charge is 2.69. The monoisotopic (exact) mass is 567 g/mol. The standard InChI is InChI=1S/C30H37N3O8/c1-16(2)13-23-32-21-14-18(37-6)10-11-19(21)24-25(32)22(15-29(4,5)41-40-23)33-27(35)20-9-8-12-31(20)28(36)30(33,38-7)26(24)39-17(3)34/h10-11,13-14,20,22-23,26H,8-9,12,15H2,1-7H3/t20-,22-,23+,26+,30+/m0/s1. The smallest absolute Gasteiger partial charge is 0.303 e. The van der Waals surface area contributed by atoms with Crippen molar-refractivity contribution < 1.29 is 38.4 Å². The van der Waals surface area contributed by atoms with Gasteiger partial charge in [0.25, 0.3) is 11.6 Å². The molecule has 41 heavy (non-hydrogen) atoms. The highest BCUT2D eigenvalue weighted by atomic mass is 17.2. The second-order valence-corrected chi connectivity index (χ2v) is 12.1. The van der Waals surface area contributed by atoms with Crippen LogP contribution in [-0.4, -0.2) is 70.3 Å². The van der Waals surface area contributed by atoms with Crippen LogP contribution in [0.5, 0.6) is 5.75 Å². The summed E-state index contributed by atoms with van der Waals surface area (Å²) in [6.45, 7) is 9.43. The first-order chi connectivity index (χ1) is 19.4. The molecular formula is C30H37N3O8. The molecule has 2 fully saturated rings. The Kier molecular flexibility index (Phi) is 6.48. The number of allylic oxidation sites excluding steroid dienone is 1. The fourth-order valence-electron chi connectivity index (χ4n) is 7.09. The normalized spacial score (nSPS) is 30.2. The maximum Gasteiger partial charge on any atom is 0.303 e. The van der Waals surface area contributed by atoms with E-state index in [0.717, 1.165) is 11.0 Å². The number of piperazine rings is 1. The van der Waals surface area contributed by atoms with Gasteiger partial charge in [-0.25, -0.2) is 9.78 Å². The number of benzene rings is 1. The molecule has 11 heteroatoms. The average Bonchev–Trinajstić information content (AvgIpc) is 3.53. The molecule has 2 aromatic rings. The zero-order valence-corrected chi connectivity index (χ0v) is 24.6. The van der Waals surface area contributed by atoms with Crippen LogP contribution in [0.25, 0.3) is 10.9 Å². The van der Waals surface area contributed by atoms with E-state index in [1.54, 1.807) is 16.9 Å². The van der Waals surface area contributed by atoms with E-state index in [0.29, 0.717) is 48.3 Å². The maximum absolute atomic E-state index is 14.5. The van der Waals surface area contributed by atoms with E-state index in [9.17, 15) is 14.4 Å². The highest BCUT2D eigenvalue weighted by molar-refractivity contribution is 6.02. The Labute approximate surface area is 238 Å². The van der Waals surface area contributed by atoms with Gasteiger partial charge in [-0.2, -0.15) is 0 Å². The Hall–Kier alpha value is -3.41. The number of esters is 1. The molecule has 1 aromatic heterocycles. The number of carbonyl (C=O) groups is 3. The van der Waals surface area contributed by atoms with E-state index < -0.39 is 41.7 Å². The van der Waals surface area contributed by atoms with Crippen molar-refractivity contribution in [2.75, 3.05) is 20.8 Å². The summed E-state index contributed by atoms with van der Waals surface area (Å²) in [6.07, 6.45) is 1.51. The van der Waals surface area contributed by atoms with Crippen LogP contribution in [0.2, 0.25) is 0 Å². The summed E-state index contributed by atoms with van der Waals surface area (Å²) in [5, 5.41) is 0.729. The van der Waals surface area contributed by atoms with Gasteiger partial charge in [0.2, 0.25) is 5.91 Å². The van der Waals surface area contributed by atoms with Crippen LogP contribution in [0.1, 0.15) is 83.5 Å². The minimum atomic E-state index is -1.90. The average molecular weight is 568 g/mol. The molecule has 5 atom stereocenters. The minimum absolute atomic E-state index is 0.234. The maximum atomic E-state index is 14.5. The summed E-state index contributed by atoms with van der Waals surface area (Å²) < 4.78 is 19.7. The molecule has 0 N–H and O–H groups in total. The first-order valence-corrected chi connectivity index (χ1v) is 14.0. The van der Waals surface area contributed by atoms with Gasteiger partial charge in [0.1, 0.15) is 17.4 Å². The Morgan fingerprint density at radius 3 is 2.54 bits per heavy atom. The van der Waals surface area contributed by atoms with Crippen LogP contribution in [0.3, 0.4) is 0 Å². The van der Waals surface area contributed by atoms with E-state index >= 15 is 0 Å². The van der Waals surface area contributed by atoms with Crippen molar-refractivity contribution in [3.63, 3.8) is 0 Å². The number of hydrogen-bond acceptors (Lipinski definition) is 8. The number of fused-ring (bicyclic) bond motifs is 6. The van der Waals surface area contributed by atoms with E-state index in [1.165, 1.54) is 14.0 Å². The molecule has 11 nitrogen and oxygen atoms in total. The number of hydrogen-bond donors (Lipinski definition) is 0. The number of ether oxygens (including phenoxy) is 3. The van der Waals surface area contributed by atoms with E-state index in [-0.39, 0.29) is 11.8 Å². The zero-order valence-electron chi connectivity index (χ0n) is 24.6. The molecular weight excluding hydrogens is 530 g/mol. The predicted octanol–water partition coefficient (Wildman–Crippen LogP) is 4.08. The molecule has 2 saturated heterocycles. The fourth-order valence-corrected chi connectivity index (χ4v) is 7.09. The molecule has 0 radical (unpaired) electrons. The first-order valence-electron chi connectivity index (χ1n) is 14.0.